The van der Waals surface area contributed by atoms with E-state index in [0.717, 1.165) is 53.5 Å². The van der Waals surface area contributed by atoms with Gasteiger partial charge in [0.15, 0.2) is 11.6 Å². The Labute approximate surface area is 328 Å². The predicted octanol–water partition coefficient (Wildman–Crippen LogP) is 7.72. The van der Waals surface area contributed by atoms with Crippen LogP contribution in [0.3, 0.4) is 0 Å². The molecule has 10 heteroatoms. The fourth-order valence-electron chi connectivity index (χ4n) is 7.51. The highest BCUT2D eigenvalue weighted by molar-refractivity contribution is 6.12. The van der Waals surface area contributed by atoms with Crippen molar-refractivity contribution >= 4 is 17.5 Å². The lowest BCUT2D eigenvalue weighted by Crippen LogP contribution is -2.26. The summed E-state index contributed by atoms with van der Waals surface area (Å²) < 4.78 is 5.18. The van der Waals surface area contributed by atoms with Crippen molar-refractivity contribution in [1.82, 2.24) is 9.97 Å². The number of aliphatic hydroxyl groups excluding tert-OH is 1. The molecule has 0 spiro atoms. The number of hydrogen-bond donors (Lipinski definition) is 3. The first-order valence-electron chi connectivity index (χ1n) is 19.5. The van der Waals surface area contributed by atoms with Gasteiger partial charge in [0.05, 0.1) is 23.9 Å². The molecule has 4 aromatic rings. The molecule has 3 N–H and O–H groups in total. The van der Waals surface area contributed by atoms with Crippen molar-refractivity contribution in [1.29, 1.82) is 5.26 Å². The van der Waals surface area contributed by atoms with Gasteiger partial charge in [-0.05, 0) is 130 Å². The van der Waals surface area contributed by atoms with Gasteiger partial charge < -0.3 is 19.8 Å². The van der Waals surface area contributed by atoms with Crippen LogP contribution in [0.4, 0.5) is 0 Å². The molecule has 56 heavy (non-hydrogen) atoms. The summed E-state index contributed by atoms with van der Waals surface area (Å²) >= 11 is 0. The Bertz CT molecular complexity index is 2310. The van der Waals surface area contributed by atoms with Crippen LogP contribution >= 0.6 is 0 Å². The lowest BCUT2D eigenvalue weighted by molar-refractivity contribution is -0.142. The van der Waals surface area contributed by atoms with Crippen molar-refractivity contribution in [2.24, 2.45) is 11.8 Å². The number of benzene rings is 2. The molecule has 294 valence electrons. The summed E-state index contributed by atoms with van der Waals surface area (Å²) in [6.07, 6.45) is 5.79. The second-order valence-electron chi connectivity index (χ2n) is 16.2. The second-order valence-corrected chi connectivity index (χ2v) is 16.2. The number of nitrogens with one attached hydrogen (secondary N) is 2. The molecular weight excluding hydrogens is 707 g/mol. The molecule has 2 aliphatic carbocycles. The summed E-state index contributed by atoms with van der Waals surface area (Å²) in [5, 5.41) is 19.0. The maximum absolute atomic E-state index is 13.7. The molecule has 0 unspecified atom stereocenters. The van der Waals surface area contributed by atoms with Crippen LogP contribution in [0.25, 0.3) is 0 Å². The van der Waals surface area contributed by atoms with Gasteiger partial charge in [0, 0.05) is 46.0 Å². The molecule has 2 aliphatic rings. The summed E-state index contributed by atoms with van der Waals surface area (Å²) in [5.41, 5.74) is 8.01. The lowest BCUT2D eigenvalue weighted by atomic mass is 9.86. The molecule has 0 amide bonds. The molecule has 0 aliphatic heterocycles. The molecule has 0 saturated heterocycles. The number of aliphatic hydroxyl groups is 1. The lowest BCUT2D eigenvalue weighted by Gasteiger charge is -2.20. The average molecular weight is 760 g/mol. The van der Waals surface area contributed by atoms with Crippen LogP contribution in [0.2, 0.25) is 0 Å². The maximum Gasteiger partial charge on any atom is 0.303 e. The molecule has 10 nitrogen and oxygen atoms in total. The smallest absolute Gasteiger partial charge is 0.303 e. The molecule has 2 heterocycles. The Kier molecular flexibility index (Phi) is 13.1. The molecule has 2 fully saturated rings. The quantitative estimate of drug-likeness (QED) is 0.0919. The van der Waals surface area contributed by atoms with E-state index >= 15 is 0 Å². The molecule has 0 radical (unpaired) electrons. The van der Waals surface area contributed by atoms with E-state index in [2.05, 4.69) is 16.0 Å². The SMILES string of the molecule is CC(=O)OCc1[nH]c(=O)c(C(C)C)c(C(=O)c2cc(C)cc(C)c2)c1CC1CC1.Cc1cc(C#N)cc(C(=O)c2c(CC3CC3)c(CO)[nH]c(=O)c2C(C)C)c1. The number of hydrogen-bond acceptors (Lipinski definition) is 8. The van der Waals surface area contributed by atoms with Gasteiger partial charge in [-0.25, -0.2) is 0 Å². The van der Waals surface area contributed by atoms with Gasteiger partial charge in [0.25, 0.3) is 11.1 Å². The van der Waals surface area contributed by atoms with Crippen molar-refractivity contribution in [2.45, 2.75) is 119 Å². The molecule has 6 rings (SSSR count). The molecule has 2 aromatic carbocycles. The number of rotatable bonds is 13. The molecule has 2 saturated carbocycles. The standard InChI is InChI=1S/C24H29NO4.C22H24N2O3/c1-13(2)21-22(23(27)18-9-14(3)8-15(4)10-18)19(11-17-6-7-17)20(25-24(21)28)12-29-16(5)26;1-12(2)19-20(21(26)16-7-13(3)6-15(8-16)10-23)17(9-14-4-5-14)18(11-25)24-22(19)27/h8-10,13,17H,6-7,11-12H2,1-5H3,(H,25,28);6-8,12,14,25H,4-5,9,11H2,1-3H3,(H,24,27). The van der Waals surface area contributed by atoms with Crippen molar-refractivity contribution in [3.8, 4) is 6.07 Å². The third kappa shape index (κ3) is 9.87. The number of aryl methyl sites for hydroxylation is 3. The summed E-state index contributed by atoms with van der Waals surface area (Å²) in [6.45, 7) is 14.4. The van der Waals surface area contributed by atoms with Crippen LogP contribution in [-0.2, 0) is 35.6 Å². The zero-order chi connectivity index (χ0) is 41.0. The number of aromatic amines is 2. The van der Waals surface area contributed by atoms with Crippen molar-refractivity contribution in [3.05, 3.63) is 135 Å². The summed E-state index contributed by atoms with van der Waals surface area (Å²) in [7, 11) is 0. The number of aromatic nitrogens is 2. The minimum Gasteiger partial charge on any atom is -0.459 e. The van der Waals surface area contributed by atoms with Crippen LogP contribution in [0.5, 0.6) is 0 Å². The van der Waals surface area contributed by atoms with Crippen LogP contribution in [0, 0.1) is 43.9 Å². The second kappa shape index (κ2) is 17.6. The Hall–Kier alpha value is -5.40. The Morgan fingerprint density at radius 3 is 1.57 bits per heavy atom. The highest BCUT2D eigenvalue weighted by atomic mass is 16.5. The number of ketones is 2. The Morgan fingerprint density at radius 1 is 0.732 bits per heavy atom. The van der Waals surface area contributed by atoms with Crippen molar-refractivity contribution in [3.63, 3.8) is 0 Å². The van der Waals surface area contributed by atoms with E-state index in [9.17, 15) is 34.3 Å². The largest absolute Gasteiger partial charge is 0.459 e. The van der Waals surface area contributed by atoms with E-state index in [1.165, 1.54) is 6.92 Å². The minimum atomic E-state index is -0.418. The van der Waals surface area contributed by atoms with Crippen LogP contribution in [0.15, 0.2) is 46.0 Å². The van der Waals surface area contributed by atoms with Crippen molar-refractivity contribution < 1.29 is 24.2 Å². The number of esters is 1. The van der Waals surface area contributed by atoms with E-state index in [-0.39, 0.29) is 47.7 Å². The third-order valence-corrected chi connectivity index (χ3v) is 10.4. The Balaban J connectivity index is 0.000000215. The van der Waals surface area contributed by atoms with Crippen LogP contribution in [-0.4, -0.2) is 32.6 Å². The molecule has 2 aromatic heterocycles. The van der Waals surface area contributed by atoms with E-state index < -0.39 is 5.97 Å². The predicted molar refractivity (Wildman–Crippen MR) is 215 cm³/mol. The Morgan fingerprint density at radius 2 is 1.16 bits per heavy atom. The van der Waals surface area contributed by atoms with E-state index in [1.807, 2.05) is 66.7 Å². The average Bonchev–Trinajstić information content (AvgIpc) is 4.08. The number of carbonyl (C=O) groups is 3. The van der Waals surface area contributed by atoms with E-state index in [0.29, 0.717) is 75.0 Å². The third-order valence-electron chi connectivity index (χ3n) is 10.4. The van der Waals surface area contributed by atoms with Gasteiger partial charge in [-0.2, -0.15) is 5.26 Å². The number of pyridine rings is 2. The van der Waals surface area contributed by atoms with Crippen LogP contribution in [0.1, 0.15) is 160 Å². The van der Waals surface area contributed by atoms with Gasteiger partial charge >= 0.3 is 5.97 Å². The van der Waals surface area contributed by atoms with Gasteiger partial charge in [-0.3, -0.25) is 24.0 Å². The van der Waals surface area contributed by atoms with Gasteiger partial charge in [0.1, 0.15) is 6.61 Å². The van der Waals surface area contributed by atoms with E-state index in [4.69, 9.17) is 4.74 Å². The highest BCUT2D eigenvalue weighted by Gasteiger charge is 2.32. The molecule has 0 bridgehead atoms. The first-order chi connectivity index (χ1) is 26.5. The van der Waals surface area contributed by atoms with Gasteiger partial charge in [-0.1, -0.05) is 44.9 Å². The van der Waals surface area contributed by atoms with Gasteiger partial charge in [0.2, 0.25) is 0 Å². The summed E-state index contributed by atoms with van der Waals surface area (Å²) in [4.78, 5) is 69.8. The fourth-order valence-corrected chi connectivity index (χ4v) is 7.51. The number of nitriles is 1. The van der Waals surface area contributed by atoms with Gasteiger partial charge in [-0.15, -0.1) is 0 Å². The maximum atomic E-state index is 13.7. The monoisotopic (exact) mass is 759 g/mol. The first kappa shape index (κ1) is 41.8. The summed E-state index contributed by atoms with van der Waals surface area (Å²) in [6, 6.07) is 12.9. The summed E-state index contributed by atoms with van der Waals surface area (Å²) in [5.74, 6) is -0.0641. The zero-order valence-electron chi connectivity index (χ0n) is 33.8. The number of carbonyl (C=O) groups excluding carboxylic acids is 3. The topological polar surface area (TPSA) is 170 Å². The normalized spacial score (nSPS) is 13.6. The number of ether oxygens (including phenoxy) is 1. The first-order valence-corrected chi connectivity index (χ1v) is 19.5. The fraction of sp³-hybridized carbons (Fsp3) is 0.435. The number of nitrogens with zero attached hydrogens (tertiary/aromatic N) is 1. The number of H-pyrrole nitrogens is 2. The highest BCUT2D eigenvalue weighted by Crippen LogP contribution is 2.37. The van der Waals surface area contributed by atoms with Crippen LogP contribution < -0.4 is 11.1 Å². The molecule has 0 atom stereocenters. The molecular formula is C46H53N3O7. The zero-order valence-corrected chi connectivity index (χ0v) is 33.8. The minimum absolute atomic E-state index is 0.0296. The van der Waals surface area contributed by atoms with E-state index in [1.54, 1.807) is 18.2 Å². The van der Waals surface area contributed by atoms with Crippen molar-refractivity contribution in [2.75, 3.05) is 0 Å².